The van der Waals surface area contributed by atoms with Gasteiger partial charge in [0, 0.05) is 6.61 Å². The van der Waals surface area contributed by atoms with Crippen LogP contribution in [0.3, 0.4) is 0 Å². The zero-order valence-corrected chi connectivity index (χ0v) is 12.8. The molecule has 5 nitrogen and oxygen atoms in total. The summed E-state index contributed by atoms with van der Waals surface area (Å²) in [7, 11) is 1.61. The van der Waals surface area contributed by atoms with Crippen LogP contribution in [-0.4, -0.2) is 32.3 Å². The maximum atomic E-state index is 12.1. The molecule has 0 saturated carbocycles. The number of hydrogen-bond acceptors (Lipinski definition) is 4. The van der Waals surface area contributed by atoms with Gasteiger partial charge in [-0.05, 0) is 44.4 Å². The first kappa shape index (κ1) is 15.6. The third-order valence-electron chi connectivity index (χ3n) is 3.57. The quantitative estimate of drug-likeness (QED) is 0.875. The van der Waals surface area contributed by atoms with Crippen molar-refractivity contribution in [3.8, 4) is 11.5 Å². The Morgan fingerprint density at radius 1 is 1.48 bits per heavy atom. The van der Waals surface area contributed by atoms with E-state index in [0.29, 0.717) is 24.7 Å². The average Bonchev–Trinajstić information content (AvgIpc) is 3.02. The van der Waals surface area contributed by atoms with Crippen molar-refractivity contribution in [1.29, 1.82) is 0 Å². The molecule has 1 N–H and O–H groups in total. The molecule has 1 saturated heterocycles. The number of carbonyl (C=O) groups is 1. The third-order valence-corrected chi connectivity index (χ3v) is 3.57. The molecule has 1 aliphatic heterocycles. The maximum Gasteiger partial charge on any atom is 0.249 e. The number of nitrogens with one attached hydrogen (secondary N) is 1. The Bertz CT molecular complexity index is 483. The van der Waals surface area contributed by atoms with Crippen LogP contribution in [0.1, 0.15) is 38.3 Å². The fourth-order valence-corrected chi connectivity index (χ4v) is 2.40. The molecule has 0 aliphatic carbocycles. The normalized spacial score (nSPS) is 19.1. The van der Waals surface area contributed by atoms with Crippen molar-refractivity contribution in [2.24, 2.45) is 0 Å². The summed E-state index contributed by atoms with van der Waals surface area (Å²) in [6, 6.07) is 5.59. The van der Waals surface area contributed by atoms with Gasteiger partial charge >= 0.3 is 0 Å². The topological polar surface area (TPSA) is 56.8 Å². The molecule has 116 valence electrons. The van der Waals surface area contributed by atoms with Gasteiger partial charge in [0.1, 0.15) is 6.10 Å². The largest absolute Gasteiger partial charge is 0.493 e. The van der Waals surface area contributed by atoms with E-state index in [9.17, 15) is 4.79 Å². The molecule has 0 aromatic heterocycles. The standard InChI is InChI=1S/C16H23NO4/c1-4-20-13-8-7-12(10-15(13)19-3)11(2)17-16(18)14-6-5-9-21-14/h7-8,10-11,14H,4-6,9H2,1-3H3,(H,17,18)/t11-,14-/m1/s1. The molecule has 1 amide bonds. The second-order valence-electron chi connectivity index (χ2n) is 5.08. The highest BCUT2D eigenvalue weighted by Gasteiger charge is 2.25. The molecule has 0 radical (unpaired) electrons. The van der Waals surface area contributed by atoms with Crippen LogP contribution in [0, 0.1) is 0 Å². The summed E-state index contributed by atoms with van der Waals surface area (Å²) >= 11 is 0. The Balaban J connectivity index is 2.04. The lowest BCUT2D eigenvalue weighted by molar-refractivity contribution is -0.130. The van der Waals surface area contributed by atoms with E-state index in [4.69, 9.17) is 14.2 Å². The summed E-state index contributed by atoms with van der Waals surface area (Å²) in [5.74, 6) is 1.34. The Morgan fingerprint density at radius 3 is 2.90 bits per heavy atom. The number of hydrogen-bond donors (Lipinski definition) is 1. The molecule has 1 aromatic rings. The van der Waals surface area contributed by atoms with E-state index in [0.717, 1.165) is 18.4 Å². The molecule has 2 rings (SSSR count). The summed E-state index contributed by atoms with van der Waals surface area (Å²) in [6.07, 6.45) is 1.44. The van der Waals surface area contributed by atoms with E-state index in [-0.39, 0.29) is 18.1 Å². The predicted octanol–water partition coefficient (Wildman–Crippen LogP) is 2.45. The van der Waals surface area contributed by atoms with Gasteiger partial charge < -0.3 is 19.5 Å². The van der Waals surface area contributed by atoms with Crippen LogP contribution in [0.5, 0.6) is 11.5 Å². The fourth-order valence-electron chi connectivity index (χ4n) is 2.40. The highest BCUT2D eigenvalue weighted by Crippen LogP contribution is 2.30. The fraction of sp³-hybridized carbons (Fsp3) is 0.562. The summed E-state index contributed by atoms with van der Waals surface area (Å²) in [6.45, 7) is 5.13. The van der Waals surface area contributed by atoms with E-state index in [1.54, 1.807) is 7.11 Å². The van der Waals surface area contributed by atoms with Gasteiger partial charge in [-0.3, -0.25) is 4.79 Å². The molecule has 1 aliphatic rings. The minimum atomic E-state index is -0.308. The van der Waals surface area contributed by atoms with E-state index in [2.05, 4.69) is 5.32 Å². The predicted molar refractivity (Wildman–Crippen MR) is 79.7 cm³/mol. The van der Waals surface area contributed by atoms with Crippen LogP contribution in [0.4, 0.5) is 0 Å². The van der Waals surface area contributed by atoms with Gasteiger partial charge in [0.05, 0.1) is 19.8 Å². The van der Waals surface area contributed by atoms with Gasteiger partial charge in [0.15, 0.2) is 11.5 Å². The van der Waals surface area contributed by atoms with E-state index >= 15 is 0 Å². The van der Waals surface area contributed by atoms with Gasteiger partial charge in [-0.2, -0.15) is 0 Å². The number of ether oxygens (including phenoxy) is 3. The van der Waals surface area contributed by atoms with Crippen molar-refractivity contribution < 1.29 is 19.0 Å². The number of carbonyl (C=O) groups excluding carboxylic acids is 1. The van der Waals surface area contributed by atoms with Crippen LogP contribution >= 0.6 is 0 Å². The van der Waals surface area contributed by atoms with Crippen LogP contribution < -0.4 is 14.8 Å². The summed E-state index contributed by atoms with van der Waals surface area (Å²) in [4.78, 5) is 12.1. The number of methoxy groups -OCH3 is 1. The van der Waals surface area contributed by atoms with Crippen LogP contribution in [0.15, 0.2) is 18.2 Å². The third kappa shape index (κ3) is 3.88. The zero-order chi connectivity index (χ0) is 15.2. The SMILES string of the molecule is CCOc1ccc([C@@H](C)NC(=O)[C@H]2CCCO2)cc1OC. The molecule has 1 aromatic carbocycles. The van der Waals surface area contributed by atoms with Crippen LogP contribution in [0.25, 0.3) is 0 Å². The van der Waals surface area contributed by atoms with E-state index in [1.807, 2.05) is 32.0 Å². The number of rotatable bonds is 6. The smallest absolute Gasteiger partial charge is 0.249 e. The highest BCUT2D eigenvalue weighted by atomic mass is 16.5. The molecule has 1 heterocycles. The minimum absolute atomic E-state index is 0.0483. The molecule has 21 heavy (non-hydrogen) atoms. The zero-order valence-electron chi connectivity index (χ0n) is 12.8. The van der Waals surface area contributed by atoms with E-state index < -0.39 is 0 Å². The highest BCUT2D eigenvalue weighted by molar-refractivity contribution is 5.81. The number of benzene rings is 1. The van der Waals surface area contributed by atoms with Crippen molar-refractivity contribution in [1.82, 2.24) is 5.32 Å². The summed E-state index contributed by atoms with van der Waals surface area (Å²) in [5.41, 5.74) is 0.974. The second-order valence-corrected chi connectivity index (χ2v) is 5.08. The van der Waals surface area contributed by atoms with Crippen molar-refractivity contribution in [2.75, 3.05) is 20.3 Å². The molecular formula is C16H23NO4. The lowest BCUT2D eigenvalue weighted by atomic mass is 10.1. The molecule has 0 bridgehead atoms. The average molecular weight is 293 g/mol. The minimum Gasteiger partial charge on any atom is -0.493 e. The Kier molecular flexibility index (Phi) is 5.44. The van der Waals surface area contributed by atoms with Crippen molar-refractivity contribution in [3.63, 3.8) is 0 Å². The molecule has 0 spiro atoms. The first-order valence-corrected chi connectivity index (χ1v) is 7.38. The first-order chi connectivity index (χ1) is 10.2. The van der Waals surface area contributed by atoms with Crippen molar-refractivity contribution in [3.05, 3.63) is 23.8 Å². The van der Waals surface area contributed by atoms with Crippen LogP contribution in [0.2, 0.25) is 0 Å². The van der Waals surface area contributed by atoms with E-state index in [1.165, 1.54) is 0 Å². The van der Waals surface area contributed by atoms with Crippen molar-refractivity contribution >= 4 is 5.91 Å². The lowest BCUT2D eigenvalue weighted by Crippen LogP contribution is -2.35. The van der Waals surface area contributed by atoms with Crippen molar-refractivity contribution in [2.45, 2.75) is 38.8 Å². The van der Waals surface area contributed by atoms with Gasteiger partial charge in [-0.15, -0.1) is 0 Å². The van der Waals surface area contributed by atoms with Gasteiger partial charge in [-0.1, -0.05) is 6.07 Å². The summed E-state index contributed by atoms with van der Waals surface area (Å²) < 4.78 is 16.2. The Hall–Kier alpha value is -1.75. The molecule has 5 heteroatoms. The first-order valence-electron chi connectivity index (χ1n) is 7.38. The van der Waals surface area contributed by atoms with Gasteiger partial charge in [-0.25, -0.2) is 0 Å². The maximum absolute atomic E-state index is 12.1. The summed E-state index contributed by atoms with van der Waals surface area (Å²) in [5, 5.41) is 2.98. The Labute approximate surface area is 125 Å². The molecule has 0 unspecified atom stereocenters. The Morgan fingerprint density at radius 2 is 2.29 bits per heavy atom. The van der Waals surface area contributed by atoms with Gasteiger partial charge in [0.2, 0.25) is 5.91 Å². The second kappa shape index (κ2) is 7.31. The van der Waals surface area contributed by atoms with Crippen LogP contribution in [-0.2, 0) is 9.53 Å². The van der Waals surface area contributed by atoms with Gasteiger partial charge in [0.25, 0.3) is 0 Å². The lowest BCUT2D eigenvalue weighted by Gasteiger charge is -2.18. The number of amides is 1. The molecule has 1 fully saturated rings. The monoisotopic (exact) mass is 293 g/mol. The molecule has 2 atom stereocenters. The molecular weight excluding hydrogens is 270 g/mol.